The van der Waals surface area contributed by atoms with Crippen LogP contribution >= 0.6 is 0 Å². The van der Waals surface area contributed by atoms with Crippen LogP contribution in [0.5, 0.6) is 0 Å². The number of hydrogen-bond donors (Lipinski definition) is 0. The van der Waals surface area contributed by atoms with E-state index in [9.17, 15) is 0 Å². The second-order valence-electron chi connectivity index (χ2n) is 5.81. The van der Waals surface area contributed by atoms with Crippen molar-refractivity contribution in [3.8, 4) is 12.2 Å². The molecule has 0 amide bonds. The Balaban J connectivity index is 5.20. The van der Waals surface area contributed by atoms with Crippen molar-refractivity contribution in [2.45, 2.75) is 79.6 Å². The summed E-state index contributed by atoms with van der Waals surface area (Å²) in [6, 6.07) is 1.82. The van der Waals surface area contributed by atoms with Crippen LogP contribution in [-0.4, -0.2) is 40.8 Å². The zero-order valence-corrected chi connectivity index (χ0v) is 12.9. The molecule has 0 rings (SSSR count). The van der Waals surface area contributed by atoms with Gasteiger partial charge in [-0.25, -0.2) is 0 Å². The zero-order valence-electron chi connectivity index (χ0n) is 12.9. The lowest BCUT2D eigenvalue weighted by Gasteiger charge is -2.42. The highest BCUT2D eigenvalue weighted by molar-refractivity contribution is 6.62. The largest absolute Gasteiger partial charge is 0.400 e. The lowest BCUT2D eigenvalue weighted by Crippen LogP contribution is -2.61. The molecule has 0 aromatic heterocycles. The van der Waals surface area contributed by atoms with Gasteiger partial charge in [0.05, 0.1) is 0 Å². The molecule has 2 nitrogen and oxygen atoms in total. The molecule has 17 heavy (non-hydrogen) atoms. The van der Waals surface area contributed by atoms with Gasteiger partial charge in [0.2, 0.25) is 0 Å². The first-order valence-electron chi connectivity index (χ1n) is 6.75. The molecular weight excluding hydrogens is 207 g/mol. The Labute approximate surface area is 109 Å². The van der Waals surface area contributed by atoms with Crippen molar-refractivity contribution in [2.24, 2.45) is 0 Å². The SMILES string of the molecule is C#CB(N(C(C)C)C(C)C)N(C(C)C)C(C)C. The van der Waals surface area contributed by atoms with Crippen LogP contribution in [0.25, 0.3) is 0 Å². The molecular formula is C14H29BN2. The summed E-state index contributed by atoms with van der Waals surface area (Å²) >= 11 is 0. The van der Waals surface area contributed by atoms with Crippen LogP contribution in [0.1, 0.15) is 55.4 Å². The third-order valence-corrected chi connectivity index (χ3v) is 3.10. The lowest BCUT2D eigenvalue weighted by molar-refractivity contribution is 0.229. The number of hydrogen-bond acceptors (Lipinski definition) is 2. The monoisotopic (exact) mass is 236 g/mol. The summed E-state index contributed by atoms with van der Waals surface area (Å²) in [5.41, 5.74) is 0. The highest BCUT2D eigenvalue weighted by Gasteiger charge is 2.35. The predicted octanol–water partition coefficient (Wildman–Crippen LogP) is 2.88. The van der Waals surface area contributed by atoms with Crippen molar-refractivity contribution in [1.29, 1.82) is 0 Å². The minimum absolute atomic E-state index is 0.0787. The minimum Gasteiger partial charge on any atom is -0.313 e. The average molecular weight is 236 g/mol. The van der Waals surface area contributed by atoms with E-state index >= 15 is 0 Å². The molecule has 0 bridgehead atoms. The Morgan fingerprint density at radius 1 is 0.706 bits per heavy atom. The fourth-order valence-corrected chi connectivity index (χ4v) is 2.65. The smallest absolute Gasteiger partial charge is 0.313 e. The van der Waals surface area contributed by atoms with Gasteiger partial charge in [0.25, 0.3) is 0 Å². The molecule has 0 radical (unpaired) electrons. The minimum atomic E-state index is 0.0787. The summed E-state index contributed by atoms with van der Waals surface area (Å²) < 4.78 is 0. The Bertz CT molecular complexity index is 217. The molecule has 0 unspecified atom stereocenters. The molecule has 0 saturated heterocycles. The molecule has 98 valence electrons. The van der Waals surface area contributed by atoms with Gasteiger partial charge in [-0.2, -0.15) is 0 Å². The quantitative estimate of drug-likeness (QED) is 0.517. The fourth-order valence-electron chi connectivity index (χ4n) is 2.65. The van der Waals surface area contributed by atoms with Crippen molar-refractivity contribution >= 4 is 6.98 Å². The van der Waals surface area contributed by atoms with Crippen LogP contribution < -0.4 is 0 Å². The maximum absolute atomic E-state index is 5.79. The molecule has 0 aromatic rings. The molecule has 0 aliphatic heterocycles. The van der Waals surface area contributed by atoms with Gasteiger partial charge in [0.1, 0.15) is 0 Å². The standard InChI is InChI=1S/C14H29BN2/c1-10-15(16(11(2)3)12(4)5)17(13(6)7)14(8)9/h1,11-14H,2-9H3. The number of nitrogens with zero attached hydrogens (tertiary/aromatic N) is 2. The van der Waals surface area contributed by atoms with E-state index in [1.807, 2.05) is 0 Å². The second kappa shape index (κ2) is 7.08. The normalized spacial score (nSPS) is 12.3. The van der Waals surface area contributed by atoms with E-state index in [0.29, 0.717) is 24.2 Å². The molecule has 3 heteroatoms. The van der Waals surface area contributed by atoms with Gasteiger partial charge in [-0.1, -0.05) is 55.4 Å². The first-order valence-corrected chi connectivity index (χ1v) is 6.75. The topological polar surface area (TPSA) is 6.48 Å². The molecule has 0 heterocycles. The summed E-state index contributed by atoms with van der Waals surface area (Å²) in [6.45, 7) is 17.8. The molecule has 0 spiro atoms. The van der Waals surface area contributed by atoms with Gasteiger partial charge in [-0.15, -0.1) is 12.2 Å². The fraction of sp³-hybridized carbons (Fsp3) is 0.857. The van der Waals surface area contributed by atoms with Crippen molar-refractivity contribution in [1.82, 2.24) is 9.62 Å². The van der Waals surface area contributed by atoms with Crippen molar-refractivity contribution in [2.75, 3.05) is 0 Å². The summed E-state index contributed by atoms with van der Waals surface area (Å²) in [4.78, 5) is 4.81. The first kappa shape index (κ1) is 16.5. The highest BCUT2D eigenvalue weighted by Crippen LogP contribution is 2.16. The van der Waals surface area contributed by atoms with Crippen LogP contribution in [0, 0.1) is 12.2 Å². The third kappa shape index (κ3) is 4.37. The van der Waals surface area contributed by atoms with Gasteiger partial charge in [0, 0.05) is 0 Å². The molecule has 0 aromatic carbocycles. The van der Waals surface area contributed by atoms with Crippen LogP contribution in [0.15, 0.2) is 0 Å². The van der Waals surface area contributed by atoms with Gasteiger partial charge in [-0.3, -0.25) is 0 Å². The van der Waals surface area contributed by atoms with Crippen LogP contribution in [0.2, 0.25) is 0 Å². The Morgan fingerprint density at radius 2 is 0.941 bits per heavy atom. The maximum atomic E-state index is 5.79. The molecule has 0 N–H and O–H groups in total. The summed E-state index contributed by atoms with van der Waals surface area (Å²) in [7, 11) is 0. The number of rotatable bonds is 6. The van der Waals surface area contributed by atoms with Gasteiger partial charge in [0.15, 0.2) is 0 Å². The summed E-state index contributed by atoms with van der Waals surface area (Å²) in [5.74, 6) is 2.98. The van der Waals surface area contributed by atoms with E-state index < -0.39 is 0 Å². The van der Waals surface area contributed by atoms with Crippen molar-refractivity contribution in [3.63, 3.8) is 0 Å². The maximum Gasteiger partial charge on any atom is 0.400 e. The average Bonchev–Trinajstić information content (AvgIpc) is 2.13. The zero-order chi connectivity index (χ0) is 13.7. The van der Waals surface area contributed by atoms with Crippen molar-refractivity contribution in [3.05, 3.63) is 0 Å². The second-order valence-corrected chi connectivity index (χ2v) is 5.81. The van der Waals surface area contributed by atoms with Crippen molar-refractivity contribution < 1.29 is 0 Å². The predicted molar refractivity (Wildman–Crippen MR) is 78.8 cm³/mol. The van der Waals surface area contributed by atoms with E-state index in [-0.39, 0.29) is 6.98 Å². The van der Waals surface area contributed by atoms with E-state index in [1.54, 1.807) is 0 Å². The molecule has 0 aliphatic carbocycles. The van der Waals surface area contributed by atoms with Crippen LogP contribution in [0.3, 0.4) is 0 Å². The Kier molecular flexibility index (Phi) is 6.90. The first-order chi connectivity index (χ1) is 7.73. The van der Waals surface area contributed by atoms with E-state index in [0.717, 1.165) is 0 Å². The van der Waals surface area contributed by atoms with E-state index in [2.05, 4.69) is 70.8 Å². The van der Waals surface area contributed by atoms with Gasteiger partial charge in [-0.05, 0) is 24.2 Å². The van der Waals surface area contributed by atoms with E-state index in [4.69, 9.17) is 6.42 Å². The Hall–Kier alpha value is -0.455. The third-order valence-electron chi connectivity index (χ3n) is 3.10. The van der Waals surface area contributed by atoms with Crippen LogP contribution in [-0.2, 0) is 0 Å². The summed E-state index contributed by atoms with van der Waals surface area (Å²) in [6.07, 6.45) is 5.79. The lowest BCUT2D eigenvalue weighted by atomic mass is 9.68. The molecule has 0 fully saturated rings. The van der Waals surface area contributed by atoms with Gasteiger partial charge >= 0.3 is 6.98 Å². The highest BCUT2D eigenvalue weighted by atomic mass is 15.3. The Morgan fingerprint density at radius 3 is 1.06 bits per heavy atom. The van der Waals surface area contributed by atoms with Crippen LogP contribution in [0.4, 0.5) is 0 Å². The van der Waals surface area contributed by atoms with Gasteiger partial charge < -0.3 is 9.62 Å². The summed E-state index contributed by atoms with van der Waals surface area (Å²) in [5, 5.41) is 0. The molecule has 0 atom stereocenters. The van der Waals surface area contributed by atoms with E-state index in [1.165, 1.54) is 0 Å². The molecule has 0 saturated carbocycles. The number of terminal acetylenes is 1. The molecule has 0 aliphatic rings.